The van der Waals surface area contributed by atoms with Gasteiger partial charge in [-0.2, -0.15) is 0 Å². The first-order valence-electron chi connectivity index (χ1n) is 6.73. The van der Waals surface area contributed by atoms with Crippen molar-refractivity contribution in [3.8, 4) is 0 Å². The number of rotatable bonds is 5. The van der Waals surface area contributed by atoms with Crippen LogP contribution in [0.25, 0.3) is 0 Å². The zero-order valence-corrected chi connectivity index (χ0v) is 12.7. The Balaban J connectivity index is 2.34. The van der Waals surface area contributed by atoms with Gasteiger partial charge in [-0.15, -0.1) is 11.3 Å². The number of hydrogen-bond acceptors (Lipinski definition) is 3. The van der Waals surface area contributed by atoms with Crippen LogP contribution in [0.15, 0.2) is 41.8 Å². The van der Waals surface area contributed by atoms with E-state index in [1.54, 1.807) is 11.3 Å². The van der Waals surface area contributed by atoms with Crippen LogP contribution in [0, 0.1) is 0 Å². The number of nitrogens with zero attached hydrogens (tertiary/aromatic N) is 1. The fourth-order valence-electron chi connectivity index (χ4n) is 2.25. The second kappa shape index (κ2) is 6.22. The molecule has 0 aliphatic rings. The maximum Gasteiger partial charge on any atom is 0.0525 e. The summed E-state index contributed by atoms with van der Waals surface area (Å²) in [6.45, 7) is 7.44. The van der Waals surface area contributed by atoms with E-state index in [-0.39, 0.29) is 6.04 Å². The minimum atomic E-state index is 0.0563. The number of para-hydroxylation sites is 1. The average Bonchev–Trinajstić information content (AvgIpc) is 2.88. The van der Waals surface area contributed by atoms with Gasteiger partial charge >= 0.3 is 0 Å². The van der Waals surface area contributed by atoms with Gasteiger partial charge in [0.1, 0.15) is 0 Å². The number of thiophene rings is 1. The molecule has 0 aliphatic carbocycles. The van der Waals surface area contributed by atoms with Gasteiger partial charge in [0.15, 0.2) is 0 Å². The van der Waals surface area contributed by atoms with Gasteiger partial charge in [-0.3, -0.25) is 0 Å². The van der Waals surface area contributed by atoms with Crippen LogP contribution in [0.1, 0.15) is 37.3 Å². The highest BCUT2D eigenvalue weighted by atomic mass is 32.1. The summed E-state index contributed by atoms with van der Waals surface area (Å²) in [5, 5.41) is 2.13. The summed E-state index contributed by atoms with van der Waals surface area (Å²) in [5.74, 6) is 0. The zero-order valence-electron chi connectivity index (χ0n) is 11.8. The van der Waals surface area contributed by atoms with E-state index < -0.39 is 0 Å². The van der Waals surface area contributed by atoms with Gasteiger partial charge < -0.3 is 10.6 Å². The molecule has 0 aliphatic heterocycles. The molecule has 2 nitrogen and oxygen atoms in total. The van der Waals surface area contributed by atoms with E-state index in [4.69, 9.17) is 5.73 Å². The lowest BCUT2D eigenvalue weighted by atomic mass is 10.0. The zero-order chi connectivity index (χ0) is 13.8. The fourth-order valence-corrected chi connectivity index (χ4v) is 2.95. The van der Waals surface area contributed by atoms with Crippen molar-refractivity contribution in [2.24, 2.45) is 5.73 Å². The third kappa shape index (κ3) is 3.37. The van der Waals surface area contributed by atoms with Crippen LogP contribution in [0.2, 0.25) is 0 Å². The molecule has 3 heteroatoms. The van der Waals surface area contributed by atoms with Crippen molar-refractivity contribution in [2.45, 2.75) is 39.4 Å². The van der Waals surface area contributed by atoms with E-state index in [0.29, 0.717) is 6.04 Å². The normalized spacial score (nSPS) is 12.7. The molecular formula is C16H22N2S. The van der Waals surface area contributed by atoms with Crippen molar-refractivity contribution in [1.29, 1.82) is 0 Å². The maximum atomic E-state index is 6.10. The average molecular weight is 274 g/mol. The fraction of sp³-hybridized carbons (Fsp3) is 0.375. The smallest absolute Gasteiger partial charge is 0.0525 e. The molecule has 1 aromatic heterocycles. The molecule has 2 N–H and O–H groups in total. The Kier molecular flexibility index (Phi) is 4.61. The van der Waals surface area contributed by atoms with Crippen molar-refractivity contribution < 1.29 is 0 Å². The molecule has 0 saturated carbocycles. The maximum absolute atomic E-state index is 6.10. The summed E-state index contributed by atoms with van der Waals surface area (Å²) in [5.41, 5.74) is 8.57. The molecule has 0 bridgehead atoms. The third-order valence-corrected chi connectivity index (χ3v) is 4.13. The predicted molar refractivity (Wildman–Crippen MR) is 84.7 cm³/mol. The van der Waals surface area contributed by atoms with E-state index in [9.17, 15) is 0 Å². The van der Waals surface area contributed by atoms with Crippen LogP contribution >= 0.6 is 11.3 Å². The Hall–Kier alpha value is -1.32. The van der Waals surface area contributed by atoms with Crippen LogP contribution in [0.4, 0.5) is 5.69 Å². The van der Waals surface area contributed by atoms with Gasteiger partial charge in [0.25, 0.3) is 0 Å². The molecule has 1 aromatic carbocycles. The van der Waals surface area contributed by atoms with E-state index >= 15 is 0 Å². The van der Waals surface area contributed by atoms with Crippen molar-refractivity contribution in [2.75, 3.05) is 4.90 Å². The lowest BCUT2D eigenvalue weighted by Crippen LogP contribution is -2.31. The molecule has 0 amide bonds. The predicted octanol–water partition coefficient (Wildman–Crippen LogP) is 4.18. The minimum Gasteiger partial charge on any atom is -0.364 e. The molecule has 0 fully saturated rings. The van der Waals surface area contributed by atoms with E-state index in [1.165, 1.54) is 16.1 Å². The van der Waals surface area contributed by atoms with Crippen molar-refractivity contribution >= 4 is 17.0 Å². The quantitative estimate of drug-likeness (QED) is 0.886. The topological polar surface area (TPSA) is 29.3 Å². The highest BCUT2D eigenvalue weighted by Crippen LogP contribution is 2.28. The standard InChI is InChI=1S/C16H22N2S/c1-12(2)18(11-14-7-6-10-19-14)16-9-5-4-8-15(16)13(3)17/h4-10,12-13H,11,17H2,1-3H3/t13-/m0/s1. The first kappa shape index (κ1) is 14.1. The number of hydrogen-bond donors (Lipinski definition) is 1. The lowest BCUT2D eigenvalue weighted by molar-refractivity contribution is 0.676. The number of nitrogens with two attached hydrogens (primary N) is 1. The van der Waals surface area contributed by atoms with Gasteiger partial charge in [-0.25, -0.2) is 0 Å². The summed E-state index contributed by atoms with van der Waals surface area (Å²) in [4.78, 5) is 3.80. The Bertz CT molecular complexity index is 503. The summed E-state index contributed by atoms with van der Waals surface area (Å²) in [6.07, 6.45) is 0. The first-order chi connectivity index (χ1) is 9.09. The Labute approximate surface area is 119 Å². The second-order valence-electron chi connectivity index (χ2n) is 5.15. The van der Waals surface area contributed by atoms with Gasteiger partial charge in [-0.05, 0) is 43.8 Å². The van der Waals surface area contributed by atoms with Crippen LogP contribution in [0.5, 0.6) is 0 Å². The van der Waals surface area contributed by atoms with Crippen molar-refractivity contribution in [3.63, 3.8) is 0 Å². The van der Waals surface area contributed by atoms with Crippen LogP contribution < -0.4 is 10.6 Å². The summed E-state index contributed by atoms with van der Waals surface area (Å²) < 4.78 is 0. The summed E-state index contributed by atoms with van der Waals surface area (Å²) in [7, 11) is 0. The van der Waals surface area contributed by atoms with E-state index in [2.05, 4.69) is 60.5 Å². The highest BCUT2D eigenvalue weighted by Gasteiger charge is 2.16. The molecule has 19 heavy (non-hydrogen) atoms. The summed E-state index contributed by atoms with van der Waals surface area (Å²) >= 11 is 1.80. The van der Waals surface area contributed by atoms with Crippen molar-refractivity contribution in [1.82, 2.24) is 0 Å². The molecule has 1 atom stereocenters. The molecule has 0 saturated heterocycles. The SMILES string of the molecule is CC(C)N(Cc1cccs1)c1ccccc1[C@H](C)N. The lowest BCUT2D eigenvalue weighted by Gasteiger charge is -2.31. The van der Waals surface area contributed by atoms with Gasteiger partial charge in [-0.1, -0.05) is 24.3 Å². The van der Waals surface area contributed by atoms with E-state index in [0.717, 1.165) is 6.54 Å². The Morgan fingerprint density at radius 3 is 2.42 bits per heavy atom. The van der Waals surface area contributed by atoms with Crippen LogP contribution in [-0.4, -0.2) is 6.04 Å². The van der Waals surface area contributed by atoms with Gasteiger partial charge in [0.2, 0.25) is 0 Å². The molecule has 0 unspecified atom stereocenters. The Morgan fingerprint density at radius 1 is 1.11 bits per heavy atom. The molecular weight excluding hydrogens is 252 g/mol. The molecule has 0 spiro atoms. The van der Waals surface area contributed by atoms with Crippen molar-refractivity contribution in [3.05, 3.63) is 52.2 Å². The highest BCUT2D eigenvalue weighted by molar-refractivity contribution is 7.09. The second-order valence-corrected chi connectivity index (χ2v) is 6.18. The first-order valence-corrected chi connectivity index (χ1v) is 7.61. The molecule has 2 rings (SSSR count). The minimum absolute atomic E-state index is 0.0563. The number of anilines is 1. The van der Waals surface area contributed by atoms with Gasteiger partial charge in [0.05, 0.1) is 6.54 Å². The summed E-state index contributed by atoms with van der Waals surface area (Å²) in [6, 6.07) is 13.3. The van der Waals surface area contributed by atoms with Crippen LogP contribution in [-0.2, 0) is 6.54 Å². The largest absolute Gasteiger partial charge is 0.364 e. The molecule has 2 aromatic rings. The third-order valence-electron chi connectivity index (χ3n) is 3.27. The van der Waals surface area contributed by atoms with Crippen LogP contribution in [0.3, 0.4) is 0 Å². The van der Waals surface area contributed by atoms with E-state index in [1.807, 2.05) is 6.92 Å². The van der Waals surface area contributed by atoms with Gasteiger partial charge in [0, 0.05) is 22.6 Å². The monoisotopic (exact) mass is 274 g/mol. The molecule has 1 heterocycles. The Morgan fingerprint density at radius 2 is 1.84 bits per heavy atom. The molecule has 102 valence electrons. The number of benzene rings is 1. The molecule has 0 radical (unpaired) electrons.